The summed E-state index contributed by atoms with van der Waals surface area (Å²) < 4.78 is 14.1. The molecule has 0 spiro atoms. The molecular weight excluding hydrogens is 375 g/mol. The van der Waals surface area contributed by atoms with Crippen LogP contribution < -0.4 is 5.32 Å². The monoisotopic (exact) mass is 402 g/mol. The minimum absolute atomic E-state index is 0.0676. The fourth-order valence-electron chi connectivity index (χ4n) is 2.70. The average Bonchev–Trinajstić information content (AvgIpc) is 2.71. The van der Waals surface area contributed by atoms with Crippen molar-refractivity contribution in [3.8, 4) is 0 Å². The van der Waals surface area contributed by atoms with Crippen molar-refractivity contribution < 1.29 is 14.0 Å². The lowest BCUT2D eigenvalue weighted by Crippen LogP contribution is -2.48. The van der Waals surface area contributed by atoms with Gasteiger partial charge in [0, 0.05) is 24.4 Å². The van der Waals surface area contributed by atoms with Crippen molar-refractivity contribution >= 4 is 23.6 Å². The molecule has 0 fully saturated rings. The highest BCUT2D eigenvalue weighted by atomic mass is 32.2. The van der Waals surface area contributed by atoms with Gasteiger partial charge in [0.25, 0.3) is 0 Å². The van der Waals surface area contributed by atoms with Gasteiger partial charge in [0.05, 0.1) is 5.75 Å². The number of carbonyl (C=O) groups excluding carboxylic acids is 2. The fraction of sp³-hybridized carbons (Fsp3) is 0.364. The quantitative estimate of drug-likeness (QED) is 0.653. The van der Waals surface area contributed by atoms with Crippen LogP contribution in [0.3, 0.4) is 0 Å². The van der Waals surface area contributed by atoms with Gasteiger partial charge in [-0.1, -0.05) is 55.5 Å². The number of hydrogen-bond acceptors (Lipinski definition) is 3. The second-order valence-electron chi connectivity index (χ2n) is 6.56. The highest BCUT2D eigenvalue weighted by Gasteiger charge is 2.26. The van der Waals surface area contributed by atoms with Crippen LogP contribution in [0.4, 0.5) is 4.39 Å². The van der Waals surface area contributed by atoms with Crippen molar-refractivity contribution in [3.63, 3.8) is 0 Å². The van der Waals surface area contributed by atoms with E-state index in [-0.39, 0.29) is 29.9 Å². The molecule has 1 N–H and O–H groups in total. The molecule has 0 bridgehead atoms. The van der Waals surface area contributed by atoms with Crippen LogP contribution in [0.15, 0.2) is 54.6 Å². The first-order valence-electron chi connectivity index (χ1n) is 9.45. The van der Waals surface area contributed by atoms with E-state index in [0.717, 1.165) is 12.0 Å². The molecule has 0 aliphatic rings. The van der Waals surface area contributed by atoms with Crippen LogP contribution in [0.25, 0.3) is 0 Å². The Morgan fingerprint density at radius 2 is 1.79 bits per heavy atom. The van der Waals surface area contributed by atoms with Crippen molar-refractivity contribution in [3.05, 3.63) is 71.5 Å². The standard InChI is InChI=1S/C22H27FN2O2S/c1-3-13-24-22(27)17(2)25(14-19-11-7-8-12-20(19)23)21(26)16-28-15-18-9-5-4-6-10-18/h4-12,17H,3,13-16H2,1-2H3,(H,24,27)/t17-/m0/s1. The van der Waals surface area contributed by atoms with Crippen LogP contribution in [-0.2, 0) is 21.9 Å². The van der Waals surface area contributed by atoms with Crippen molar-refractivity contribution in [1.82, 2.24) is 10.2 Å². The molecule has 2 aromatic carbocycles. The first-order chi connectivity index (χ1) is 13.5. The highest BCUT2D eigenvalue weighted by molar-refractivity contribution is 7.99. The van der Waals surface area contributed by atoms with Crippen LogP contribution >= 0.6 is 11.8 Å². The van der Waals surface area contributed by atoms with Gasteiger partial charge in [0.15, 0.2) is 0 Å². The molecule has 4 nitrogen and oxygen atoms in total. The number of carbonyl (C=O) groups is 2. The van der Waals surface area contributed by atoms with Gasteiger partial charge < -0.3 is 10.2 Å². The van der Waals surface area contributed by atoms with Crippen LogP contribution in [-0.4, -0.2) is 35.1 Å². The average molecular weight is 403 g/mol. The third-order valence-electron chi connectivity index (χ3n) is 4.35. The van der Waals surface area contributed by atoms with Gasteiger partial charge in [0.1, 0.15) is 11.9 Å². The summed E-state index contributed by atoms with van der Waals surface area (Å²) in [7, 11) is 0. The third-order valence-corrected chi connectivity index (χ3v) is 5.34. The summed E-state index contributed by atoms with van der Waals surface area (Å²) in [6.45, 7) is 4.27. The van der Waals surface area contributed by atoms with Crippen molar-refractivity contribution in [2.45, 2.75) is 38.6 Å². The lowest BCUT2D eigenvalue weighted by molar-refractivity contribution is -0.138. The lowest BCUT2D eigenvalue weighted by Gasteiger charge is -2.29. The molecule has 0 saturated carbocycles. The van der Waals surface area contributed by atoms with E-state index in [2.05, 4.69) is 5.32 Å². The molecule has 2 amide bonds. The second-order valence-corrected chi connectivity index (χ2v) is 7.54. The zero-order valence-electron chi connectivity index (χ0n) is 16.4. The number of rotatable bonds is 10. The van der Waals surface area contributed by atoms with Gasteiger partial charge in [0.2, 0.25) is 11.8 Å². The van der Waals surface area contributed by atoms with E-state index in [1.807, 2.05) is 37.3 Å². The van der Waals surface area contributed by atoms with Crippen LogP contribution in [0.1, 0.15) is 31.4 Å². The van der Waals surface area contributed by atoms with E-state index in [1.165, 1.54) is 22.7 Å². The van der Waals surface area contributed by atoms with Crippen molar-refractivity contribution in [2.75, 3.05) is 12.3 Å². The third kappa shape index (κ3) is 6.68. The Morgan fingerprint density at radius 1 is 1.11 bits per heavy atom. The number of hydrogen-bond donors (Lipinski definition) is 1. The Labute approximate surface area is 170 Å². The van der Waals surface area contributed by atoms with E-state index in [0.29, 0.717) is 17.9 Å². The lowest BCUT2D eigenvalue weighted by atomic mass is 10.1. The Bertz CT molecular complexity index is 770. The maximum atomic E-state index is 14.1. The maximum absolute atomic E-state index is 14.1. The Hall–Kier alpha value is -2.34. The minimum Gasteiger partial charge on any atom is -0.354 e. The topological polar surface area (TPSA) is 49.4 Å². The smallest absolute Gasteiger partial charge is 0.242 e. The zero-order valence-corrected chi connectivity index (χ0v) is 17.2. The molecule has 150 valence electrons. The van der Waals surface area contributed by atoms with Gasteiger partial charge in [-0.15, -0.1) is 11.8 Å². The molecule has 2 rings (SSSR count). The molecule has 0 aliphatic carbocycles. The summed E-state index contributed by atoms with van der Waals surface area (Å²) in [5.74, 6) is 0.159. The molecule has 0 aromatic heterocycles. The summed E-state index contributed by atoms with van der Waals surface area (Å²) in [5.41, 5.74) is 1.54. The first kappa shape index (κ1) is 22.0. The number of nitrogens with zero attached hydrogens (tertiary/aromatic N) is 1. The normalized spacial score (nSPS) is 11.7. The Morgan fingerprint density at radius 3 is 2.46 bits per heavy atom. The summed E-state index contributed by atoms with van der Waals surface area (Å²) >= 11 is 1.49. The SMILES string of the molecule is CCCNC(=O)[C@H](C)N(Cc1ccccc1F)C(=O)CSCc1ccccc1. The van der Waals surface area contributed by atoms with Crippen LogP contribution in [0.5, 0.6) is 0 Å². The van der Waals surface area contributed by atoms with Crippen molar-refractivity contribution in [2.24, 2.45) is 0 Å². The first-order valence-corrected chi connectivity index (χ1v) is 10.6. The highest BCUT2D eigenvalue weighted by Crippen LogP contribution is 2.17. The summed E-state index contributed by atoms with van der Waals surface area (Å²) in [6.07, 6.45) is 0.812. The number of thioether (sulfide) groups is 1. The molecule has 1 atom stereocenters. The molecule has 2 aromatic rings. The van der Waals surface area contributed by atoms with E-state index >= 15 is 0 Å². The molecule has 28 heavy (non-hydrogen) atoms. The predicted octanol–water partition coefficient (Wildman–Crippen LogP) is 4.00. The second kappa shape index (κ2) is 11.5. The van der Waals surface area contributed by atoms with E-state index in [4.69, 9.17) is 0 Å². The Kier molecular flexibility index (Phi) is 9.01. The fourth-order valence-corrected chi connectivity index (χ4v) is 3.57. The molecule has 0 heterocycles. The molecule has 0 unspecified atom stereocenters. The Balaban J connectivity index is 2.06. The molecule has 0 saturated heterocycles. The summed E-state index contributed by atoms with van der Waals surface area (Å²) in [4.78, 5) is 26.7. The zero-order chi connectivity index (χ0) is 20.4. The summed E-state index contributed by atoms with van der Waals surface area (Å²) in [5, 5.41) is 2.82. The number of amides is 2. The van der Waals surface area contributed by atoms with Crippen LogP contribution in [0, 0.1) is 5.82 Å². The van der Waals surface area contributed by atoms with Gasteiger partial charge in [-0.25, -0.2) is 4.39 Å². The van der Waals surface area contributed by atoms with E-state index in [9.17, 15) is 14.0 Å². The maximum Gasteiger partial charge on any atom is 0.242 e. The molecule has 6 heteroatoms. The molecule has 0 radical (unpaired) electrons. The number of nitrogens with one attached hydrogen (secondary N) is 1. The van der Waals surface area contributed by atoms with Gasteiger partial charge in [-0.3, -0.25) is 9.59 Å². The van der Waals surface area contributed by atoms with Gasteiger partial charge >= 0.3 is 0 Å². The minimum atomic E-state index is -0.670. The van der Waals surface area contributed by atoms with E-state index < -0.39 is 6.04 Å². The van der Waals surface area contributed by atoms with Crippen molar-refractivity contribution in [1.29, 1.82) is 0 Å². The van der Waals surface area contributed by atoms with Gasteiger partial charge in [-0.05, 0) is 25.0 Å². The number of halogens is 1. The van der Waals surface area contributed by atoms with Crippen LogP contribution in [0.2, 0.25) is 0 Å². The predicted molar refractivity (Wildman–Crippen MR) is 112 cm³/mol. The van der Waals surface area contributed by atoms with Gasteiger partial charge in [-0.2, -0.15) is 0 Å². The molecule has 0 aliphatic heterocycles. The largest absolute Gasteiger partial charge is 0.354 e. The molecular formula is C22H27FN2O2S. The number of benzene rings is 2. The summed E-state index contributed by atoms with van der Waals surface area (Å²) in [6, 6.07) is 15.6. The van der Waals surface area contributed by atoms with E-state index in [1.54, 1.807) is 25.1 Å².